The van der Waals surface area contributed by atoms with Gasteiger partial charge in [0.15, 0.2) is 10.8 Å². The van der Waals surface area contributed by atoms with Crippen LogP contribution in [-0.4, -0.2) is 30.8 Å². The highest BCUT2D eigenvalue weighted by Crippen LogP contribution is 2.26. The van der Waals surface area contributed by atoms with Crippen molar-refractivity contribution in [3.05, 3.63) is 68.8 Å². The van der Waals surface area contributed by atoms with Crippen LogP contribution < -0.4 is 0 Å². The van der Waals surface area contributed by atoms with E-state index in [1.807, 2.05) is 30.7 Å². The fourth-order valence-corrected chi connectivity index (χ4v) is 4.05. The molecule has 27 heavy (non-hydrogen) atoms. The van der Waals surface area contributed by atoms with Gasteiger partial charge in [-0.3, -0.25) is 0 Å². The minimum atomic E-state index is 0.422. The molecule has 138 valence electrons. The van der Waals surface area contributed by atoms with Crippen LogP contribution in [-0.2, 0) is 13.0 Å². The molecule has 4 aromatic rings. The van der Waals surface area contributed by atoms with Gasteiger partial charge in [0.25, 0.3) is 0 Å². The van der Waals surface area contributed by atoms with Crippen LogP contribution in [0.15, 0.2) is 41.7 Å². The predicted octanol–water partition coefficient (Wildman–Crippen LogP) is 5.48. The van der Waals surface area contributed by atoms with E-state index in [0.29, 0.717) is 33.8 Å². The lowest BCUT2D eigenvalue weighted by molar-refractivity contribution is 0.656. The number of benzene rings is 1. The Labute approximate surface area is 175 Å². The van der Waals surface area contributed by atoms with Crippen LogP contribution in [0.3, 0.4) is 0 Å². The Morgan fingerprint density at radius 3 is 2.74 bits per heavy atom. The maximum Gasteiger partial charge on any atom is 0.179 e. The lowest BCUT2D eigenvalue weighted by Crippen LogP contribution is -2.08. The molecule has 0 saturated heterocycles. The number of nitrogens with one attached hydrogen (secondary N) is 1. The Hall–Kier alpha value is -1.73. The molecule has 0 radical (unpaired) electrons. The zero-order chi connectivity index (χ0) is 19.0. The topological polar surface area (TPSA) is 59.4 Å². The molecule has 0 spiro atoms. The quantitative estimate of drug-likeness (QED) is 0.331. The highest BCUT2D eigenvalue weighted by atomic mass is 35.5. The van der Waals surface area contributed by atoms with Gasteiger partial charge >= 0.3 is 0 Å². The third-order valence-electron chi connectivity index (χ3n) is 4.14. The van der Waals surface area contributed by atoms with E-state index in [2.05, 4.69) is 24.5 Å². The molecule has 0 fully saturated rings. The summed E-state index contributed by atoms with van der Waals surface area (Å²) in [5.41, 5.74) is 3.48. The van der Waals surface area contributed by atoms with Crippen molar-refractivity contribution in [1.82, 2.24) is 24.5 Å². The zero-order valence-electron chi connectivity index (χ0n) is 14.2. The van der Waals surface area contributed by atoms with Crippen LogP contribution in [0.1, 0.15) is 17.1 Å². The number of pyridine rings is 1. The van der Waals surface area contributed by atoms with Crippen molar-refractivity contribution in [2.45, 2.75) is 18.1 Å². The van der Waals surface area contributed by atoms with Gasteiger partial charge in [-0.15, -0.1) is 0 Å². The monoisotopic (exact) mass is 437 g/mol. The molecule has 0 aliphatic rings. The average molecular weight is 439 g/mol. The molecule has 0 atom stereocenters. The fourth-order valence-electron chi connectivity index (χ4n) is 2.87. The number of hydrogen-bond acceptors (Lipinski definition) is 4. The number of H-pyrrole nitrogens is 1. The molecule has 0 aliphatic heterocycles. The second-order valence-electron chi connectivity index (χ2n) is 5.92. The van der Waals surface area contributed by atoms with Gasteiger partial charge in [0.2, 0.25) is 0 Å². The highest BCUT2D eigenvalue weighted by Gasteiger charge is 2.14. The maximum atomic E-state index is 6.34. The Morgan fingerprint density at radius 2 is 1.96 bits per heavy atom. The summed E-state index contributed by atoms with van der Waals surface area (Å²) < 4.78 is 2.12. The molecule has 0 bridgehead atoms. The van der Waals surface area contributed by atoms with E-state index < -0.39 is 0 Å². The third-order valence-corrected chi connectivity index (χ3v) is 5.63. The normalized spacial score (nSPS) is 11.4. The standard InChI is InChI=1S/C18H14Cl3N5S/c1-27-18-22-8-12(6-10-2-3-11(19)7-13(10)20)26(18)9-16-23-14-4-5-15(21)24-17(14)25-16/h2-5,7-8H,6,9H2,1H3,(H,23,24,25). The van der Waals surface area contributed by atoms with Crippen molar-refractivity contribution >= 4 is 57.7 Å². The summed E-state index contributed by atoms with van der Waals surface area (Å²) in [6.45, 7) is 0.546. The van der Waals surface area contributed by atoms with E-state index in [1.165, 1.54) is 0 Å². The number of aromatic amines is 1. The van der Waals surface area contributed by atoms with Crippen LogP contribution in [0.25, 0.3) is 11.2 Å². The van der Waals surface area contributed by atoms with E-state index in [9.17, 15) is 0 Å². The Bertz CT molecular complexity index is 1120. The first kappa shape index (κ1) is 18.6. The van der Waals surface area contributed by atoms with Gasteiger partial charge in [0.05, 0.1) is 12.1 Å². The van der Waals surface area contributed by atoms with Gasteiger partial charge in [0.1, 0.15) is 11.0 Å². The van der Waals surface area contributed by atoms with Crippen molar-refractivity contribution in [2.24, 2.45) is 0 Å². The van der Waals surface area contributed by atoms with Crippen molar-refractivity contribution in [2.75, 3.05) is 6.26 Å². The molecule has 3 aromatic heterocycles. The molecular weight excluding hydrogens is 425 g/mol. The first-order chi connectivity index (χ1) is 13.0. The van der Waals surface area contributed by atoms with Gasteiger partial charge in [-0.05, 0) is 36.1 Å². The second-order valence-corrected chi connectivity index (χ2v) is 7.93. The molecule has 3 heterocycles. The van der Waals surface area contributed by atoms with Gasteiger partial charge in [-0.1, -0.05) is 52.6 Å². The number of thioether (sulfide) groups is 1. The first-order valence-corrected chi connectivity index (χ1v) is 10.4. The fraction of sp³-hybridized carbons (Fsp3) is 0.167. The molecule has 0 aliphatic carbocycles. The molecule has 0 amide bonds. The first-order valence-electron chi connectivity index (χ1n) is 8.07. The molecule has 1 aromatic carbocycles. The molecule has 9 heteroatoms. The Balaban J connectivity index is 1.67. The molecule has 5 nitrogen and oxygen atoms in total. The van der Waals surface area contributed by atoms with Crippen molar-refractivity contribution < 1.29 is 0 Å². The molecule has 1 N–H and O–H groups in total. The highest BCUT2D eigenvalue weighted by molar-refractivity contribution is 7.98. The molecule has 0 unspecified atom stereocenters. The number of rotatable bonds is 5. The van der Waals surface area contributed by atoms with Gasteiger partial charge in [0, 0.05) is 28.4 Å². The van der Waals surface area contributed by atoms with Crippen LogP contribution in [0.5, 0.6) is 0 Å². The van der Waals surface area contributed by atoms with Gasteiger partial charge < -0.3 is 9.55 Å². The van der Waals surface area contributed by atoms with E-state index in [-0.39, 0.29) is 0 Å². The van der Waals surface area contributed by atoms with E-state index >= 15 is 0 Å². The van der Waals surface area contributed by atoms with Crippen LogP contribution >= 0.6 is 46.6 Å². The van der Waals surface area contributed by atoms with Gasteiger partial charge in [-0.25, -0.2) is 15.0 Å². The molecule has 0 saturated carbocycles. The summed E-state index contributed by atoms with van der Waals surface area (Å²) >= 11 is 19.9. The van der Waals surface area contributed by atoms with Crippen LogP contribution in [0, 0.1) is 0 Å². The average Bonchev–Trinajstić information content (AvgIpc) is 3.20. The molecule has 4 rings (SSSR count). The second kappa shape index (κ2) is 7.72. The lowest BCUT2D eigenvalue weighted by atomic mass is 10.1. The summed E-state index contributed by atoms with van der Waals surface area (Å²) in [4.78, 5) is 16.6. The van der Waals surface area contributed by atoms with Crippen molar-refractivity contribution in [3.63, 3.8) is 0 Å². The number of halogens is 3. The number of nitrogens with zero attached hydrogens (tertiary/aromatic N) is 4. The van der Waals surface area contributed by atoms with Crippen molar-refractivity contribution in [1.29, 1.82) is 0 Å². The van der Waals surface area contributed by atoms with Crippen LogP contribution in [0.4, 0.5) is 0 Å². The van der Waals surface area contributed by atoms with E-state index in [0.717, 1.165) is 27.8 Å². The zero-order valence-corrected chi connectivity index (χ0v) is 17.3. The Morgan fingerprint density at radius 1 is 1.11 bits per heavy atom. The van der Waals surface area contributed by atoms with Crippen molar-refractivity contribution in [3.8, 4) is 0 Å². The summed E-state index contributed by atoms with van der Waals surface area (Å²) in [5, 5.41) is 2.59. The third kappa shape index (κ3) is 3.94. The molecular formula is C18H14Cl3N5S. The minimum absolute atomic E-state index is 0.422. The number of fused-ring (bicyclic) bond motifs is 1. The number of imidazole rings is 2. The SMILES string of the molecule is CSc1ncc(Cc2ccc(Cl)cc2Cl)n1Cc1nc2nc(Cl)ccc2[nH]1. The summed E-state index contributed by atoms with van der Waals surface area (Å²) in [7, 11) is 0. The Kier molecular flexibility index (Phi) is 5.32. The van der Waals surface area contributed by atoms with Crippen LogP contribution in [0.2, 0.25) is 15.2 Å². The smallest absolute Gasteiger partial charge is 0.179 e. The lowest BCUT2D eigenvalue weighted by Gasteiger charge is -2.10. The maximum absolute atomic E-state index is 6.34. The summed E-state index contributed by atoms with van der Waals surface area (Å²) in [5.74, 6) is 0.788. The summed E-state index contributed by atoms with van der Waals surface area (Å²) in [6, 6.07) is 9.15. The number of aromatic nitrogens is 5. The van der Waals surface area contributed by atoms with E-state index in [4.69, 9.17) is 34.8 Å². The number of hydrogen-bond donors (Lipinski definition) is 1. The largest absolute Gasteiger partial charge is 0.339 e. The van der Waals surface area contributed by atoms with Gasteiger partial charge in [-0.2, -0.15) is 0 Å². The van der Waals surface area contributed by atoms with E-state index in [1.54, 1.807) is 23.9 Å². The minimum Gasteiger partial charge on any atom is -0.339 e. The predicted molar refractivity (Wildman–Crippen MR) is 111 cm³/mol. The summed E-state index contributed by atoms with van der Waals surface area (Å²) in [6.07, 6.45) is 4.51.